The molecule has 0 radical (unpaired) electrons. The fourth-order valence-corrected chi connectivity index (χ4v) is 0.516. The molecule has 0 N–H and O–H groups in total. The molecule has 0 unspecified atom stereocenters. The third-order valence-corrected chi connectivity index (χ3v) is 1.29. The second kappa shape index (κ2) is 4.79. The Morgan fingerprint density at radius 3 is 2.00 bits per heavy atom. The summed E-state index contributed by atoms with van der Waals surface area (Å²) in [6.07, 6.45) is -0.521. The van der Waals surface area contributed by atoms with Crippen LogP contribution in [-0.4, -0.2) is 21.5 Å². The number of alkyl halides is 3. The lowest BCUT2D eigenvalue weighted by Gasteiger charge is -2.07. The van der Waals surface area contributed by atoms with Gasteiger partial charge in [0.05, 0.1) is 0 Å². The summed E-state index contributed by atoms with van der Waals surface area (Å²) in [6.45, 7) is 1.17. The molecule has 7 heteroatoms. The second-order valence-electron chi connectivity index (χ2n) is 2.14. The van der Waals surface area contributed by atoms with E-state index in [4.69, 9.17) is 34.8 Å². The van der Waals surface area contributed by atoms with Gasteiger partial charge in [-0.25, -0.2) is 4.79 Å². The first-order valence-electron chi connectivity index (χ1n) is 3.04. The van der Waals surface area contributed by atoms with E-state index < -0.39 is 27.9 Å². The third kappa shape index (κ3) is 5.85. The van der Waals surface area contributed by atoms with E-state index in [2.05, 4.69) is 4.74 Å². The highest BCUT2D eigenvalue weighted by atomic mass is 35.6. The molecule has 13 heavy (non-hydrogen) atoms. The van der Waals surface area contributed by atoms with Crippen molar-refractivity contribution in [1.29, 1.82) is 0 Å². The quantitative estimate of drug-likeness (QED) is 0.420. The number of carbonyl (C=O) groups is 3. The van der Waals surface area contributed by atoms with Crippen molar-refractivity contribution in [3.05, 3.63) is 0 Å². The van der Waals surface area contributed by atoms with Crippen LogP contribution in [0.1, 0.15) is 13.3 Å². The standard InChI is InChI=1S/C6H5Cl3O4/c1-3(10)2-4(11)13-5(12)6(7,8)9/h2H2,1H3. The van der Waals surface area contributed by atoms with E-state index in [9.17, 15) is 14.4 Å². The molecule has 0 atom stereocenters. The fourth-order valence-electron chi connectivity index (χ4n) is 0.401. The molecular formula is C6H5Cl3O4. The zero-order valence-corrected chi connectivity index (χ0v) is 8.74. The average molecular weight is 247 g/mol. The number of rotatable bonds is 2. The van der Waals surface area contributed by atoms with Crippen molar-refractivity contribution in [3.8, 4) is 0 Å². The molecule has 0 aromatic heterocycles. The second-order valence-corrected chi connectivity index (χ2v) is 4.42. The van der Waals surface area contributed by atoms with Gasteiger partial charge in [0.25, 0.3) is 3.79 Å². The maximum atomic E-state index is 10.7. The van der Waals surface area contributed by atoms with Crippen molar-refractivity contribution >= 4 is 52.5 Å². The summed E-state index contributed by atoms with van der Waals surface area (Å²) in [5.74, 6) is -2.80. The van der Waals surface area contributed by atoms with Crippen LogP contribution in [0.15, 0.2) is 0 Å². The van der Waals surface area contributed by atoms with Crippen LogP contribution in [0.5, 0.6) is 0 Å². The zero-order chi connectivity index (χ0) is 10.6. The summed E-state index contributed by atoms with van der Waals surface area (Å²) in [4.78, 5) is 31.8. The SMILES string of the molecule is CC(=O)CC(=O)OC(=O)C(Cl)(Cl)Cl. The highest BCUT2D eigenvalue weighted by Crippen LogP contribution is 2.27. The van der Waals surface area contributed by atoms with Crippen LogP contribution in [0, 0.1) is 0 Å². The van der Waals surface area contributed by atoms with Crippen LogP contribution in [0.3, 0.4) is 0 Å². The molecule has 0 aromatic carbocycles. The van der Waals surface area contributed by atoms with Gasteiger partial charge in [-0.15, -0.1) is 0 Å². The zero-order valence-electron chi connectivity index (χ0n) is 6.47. The van der Waals surface area contributed by atoms with E-state index in [1.54, 1.807) is 0 Å². The lowest BCUT2D eigenvalue weighted by atomic mass is 10.3. The predicted molar refractivity (Wildman–Crippen MR) is 46.7 cm³/mol. The lowest BCUT2D eigenvalue weighted by Crippen LogP contribution is -2.25. The maximum absolute atomic E-state index is 10.7. The van der Waals surface area contributed by atoms with Gasteiger partial charge in [-0.3, -0.25) is 9.59 Å². The van der Waals surface area contributed by atoms with Gasteiger partial charge in [-0.2, -0.15) is 0 Å². The van der Waals surface area contributed by atoms with Gasteiger partial charge in [0.1, 0.15) is 12.2 Å². The van der Waals surface area contributed by atoms with E-state index in [0.29, 0.717) is 0 Å². The molecule has 0 aliphatic rings. The Morgan fingerprint density at radius 2 is 1.69 bits per heavy atom. The Bertz CT molecular complexity index is 243. The van der Waals surface area contributed by atoms with Crippen molar-refractivity contribution in [3.63, 3.8) is 0 Å². The number of ether oxygens (including phenoxy) is 1. The molecule has 0 aliphatic heterocycles. The Kier molecular flexibility index (Phi) is 4.67. The minimum Gasteiger partial charge on any atom is -0.390 e. The molecular weight excluding hydrogens is 242 g/mol. The van der Waals surface area contributed by atoms with Gasteiger partial charge in [-0.05, 0) is 6.92 Å². The van der Waals surface area contributed by atoms with Gasteiger partial charge >= 0.3 is 11.9 Å². The summed E-state index contributed by atoms with van der Waals surface area (Å²) >= 11 is 15.3. The van der Waals surface area contributed by atoms with Crippen LogP contribution < -0.4 is 0 Å². The van der Waals surface area contributed by atoms with Crippen molar-refractivity contribution in [1.82, 2.24) is 0 Å². The normalized spacial score (nSPS) is 10.8. The number of ketones is 1. The summed E-state index contributed by atoms with van der Waals surface area (Å²) < 4.78 is 1.73. The van der Waals surface area contributed by atoms with E-state index in [1.165, 1.54) is 6.92 Å². The molecule has 0 fully saturated rings. The summed E-state index contributed by atoms with van der Waals surface area (Å²) in [5.41, 5.74) is 0. The van der Waals surface area contributed by atoms with Crippen molar-refractivity contribution < 1.29 is 19.1 Å². The first kappa shape index (κ1) is 12.7. The Hall–Kier alpha value is -0.320. The van der Waals surface area contributed by atoms with Crippen LogP contribution in [0.25, 0.3) is 0 Å². The monoisotopic (exact) mass is 246 g/mol. The van der Waals surface area contributed by atoms with Gasteiger partial charge in [-0.1, -0.05) is 34.8 Å². The number of Topliss-reactive ketones (excluding diaryl/α,β-unsaturated/α-hetero) is 1. The molecule has 4 nitrogen and oxygen atoms in total. The number of esters is 2. The third-order valence-electron chi connectivity index (χ3n) is 0.831. The Balaban J connectivity index is 4.08. The number of hydrogen-bond donors (Lipinski definition) is 0. The maximum Gasteiger partial charge on any atom is 0.366 e. The van der Waals surface area contributed by atoms with E-state index in [1.807, 2.05) is 0 Å². The fraction of sp³-hybridized carbons (Fsp3) is 0.500. The van der Waals surface area contributed by atoms with Crippen molar-refractivity contribution in [2.24, 2.45) is 0 Å². The molecule has 0 spiro atoms. The van der Waals surface area contributed by atoms with Crippen molar-refractivity contribution in [2.45, 2.75) is 17.1 Å². The predicted octanol–water partition coefficient (Wildman–Crippen LogP) is 1.41. The van der Waals surface area contributed by atoms with Gasteiger partial charge in [0.2, 0.25) is 0 Å². The molecule has 0 rings (SSSR count). The molecule has 0 aliphatic carbocycles. The Labute approximate surface area is 89.1 Å². The molecule has 0 aromatic rings. The largest absolute Gasteiger partial charge is 0.390 e. The van der Waals surface area contributed by atoms with Crippen LogP contribution in [-0.2, 0) is 19.1 Å². The Morgan fingerprint density at radius 1 is 1.23 bits per heavy atom. The smallest absolute Gasteiger partial charge is 0.366 e. The minimum atomic E-state index is -2.30. The minimum absolute atomic E-state index is 0.442. The first-order chi connectivity index (χ1) is 5.73. The number of halogens is 3. The number of hydrogen-bond acceptors (Lipinski definition) is 4. The van der Waals surface area contributed by atoms with E-state index >= 15 is 0 Å². The number of carbonyl (C=O) groups excluding carboxylic acids is 3. The van der Waals surface area contributed by atoms with Crippen LogP contribution >= 0.6 is 34.8 Å². The van der Waals surface area contributed by atoms with Crippen LogP contribution in [0.2, 0.25) is 0 Å². The highest BCUT2D eigenvalue weighted by molar-refractivity contribution is 6.75. The average Bonchev–Trinajstić information content (AvgIpc) is 1.82. The first-order valence-corrected chi connectivity index (χ1v) is 4.18. The topological polar surface area (TPSA) is 60.4 Å². The van der Waals surface area contributed by atoms with Gasteiger partial charge in [0, 0.05) is 0 Å². The van der Waals surface area contributed by atoms with Crippen LogP contribution in [0.4, 0.5) is 0 Å². The molecule has 0 saturated heterocycles. The van der Waals surface area contributed by atoms with E-state index in [-0.39, 0.29) is 0 Å². The lowest BCUT2D eigenvalue weighted by molar-refractivity contribution is -0.159. The highest BCUT2D eigenvalue weighted by Gasteiger charge is 2.34. The summed E-state index contributed by atoms with van der Waals surface area (Å²) in [6, 6.07) is 0. The van der Waals surface area contributed by atoms with Gasteiger partial charge in [0.15, 0.2) is 0 Å². The molecule has 0 saturated carbocycles. The molecule has 0 heterocycles. The van der Waals surface area contributed by atoms with E-state index in [0.717, 1.165) is 0 Å². The molecule has 0 amide bonds. The van der Waals surface area contributed by atoms with Crippen molar-refractivity contribution in [2.75, 3.05) is 0 Å². The summed E-state index contributed by atoms with van der Waals surface area (Å²) in [5, 5.41) is 0. The molecule has 74 valence electrons. The molecule has 0 bridgehead atoms. The van der Waals surface area contributed by atoms with Gasteiger partial charge < -0.3 is 4.74 Å². The summed E-state index contributed by atoms with van der Waals surface area (Å²) in [7, 11) is 0.